The molecule has 1 atom stereocenters. The van der Waals surface area contributed by atoms with Crippen molar-refractivity contribution in [2.24, 2.45) is 0 Å². The number of methoxy groups -OCH3 is 1. The normalized spacial score (nSPS) is 17.7. The van der Waals surface area contributed by atoms with Crippen molar-refractivity contribution in [3.05, 3.63) is 36.1 Å². The van der Waals surface area contributed by atoms with E-state index in [1.165, 1.54) is 23.5 Å². The standard InChI is InChI=1S/C17H21FN4O4S/c1-21(2)16-6-7-17(20-19-16)26-12-8-9-22(11-12)27(23,24)13-4-5-15(25-3)14(18)10-13/h4-7,10,12H,8-9,11H2,1-3H3. The minimum Gasteiger partial charge on any atom is -0.494 e. The highest BCUT2D eigenvalue weighted by molar-refractivity contribution is 7.89. The Morgan fingerprint density at radius 3 is 2.59 bits per heavy atom. The van der Waals surface area contributed by atoms with Crippen molar-refractivity contribution >= 4 is 15.8 Å². The SMILES string of the molecule is COc1ccc(S(=O)(=O)N2CCC(Oc3ccc(N(C)C)nn3)C2)cc1F. The highest BCUT2D eigenvalue weighted by atomic mass is 32.2. The highest BCUT2D eigenvalue weighted by Crippen LogP contribution is 2.26. The first kappa shape index (κ1) is 19.3. The molecule has 3 rings (SSSR count). The van der Waals surface area contributed by atoms with Gasteiger partial charge < -0.3 is 14.4 Å². The fourth-order valence-electron chi connectivity index (χ4n) is 2.75. The molecule has 0 radical (unpaired) electrons. The molecule has 0 N–H and O–H groups in total. The molecule has 1 saturated heterocycles. The van der Waals surface area contributed by atoms with Gasteiger partial charge in [0.2, 0.25) is 15.9 Å². The molecule has 0 spiro atoms. The van der Waals surface area contributed by atoms with Gasteiger partial charge in [-0.15, -0.1) is 10.2 Å². The molecule has 1 unspecified atom stereocenters. The summed E-state index contributed by atoms with van der Waals surface area (Å²) in [6.07, 6.45) is 0.164. The zero-order chi connectivity index (χ0) is 19.6. The van der Waals surface area contributed by atoms with E-state index in [1.807, 2.05) is 19.0 Å². The van der Waals surface area contributed by atoms with Gasteiger partial charge in [0.25, 0.3) is 0 Å². The molecule has 1 aliphatic heterocycles. The fraction of sp³-hybridized carbons (Fsp3) is 0.412. The first-order valence-corrected chi connectivity index (χ1v) is 9.76. The Morgan fingerprint density at radius 2 is 2.00 bits per heavy atom. The Morgan fingerprint density at radius 1 is 1.22 bits per heavy atom. The van der Waals surface area contributed by atoms with Crippen molar-refractivity contribution < 1.29 is 22.3 Å². The zero-order valence-electron chi connectivity index (χ0n) is 15.3. The van der Waals surface area contributed by atoms with E-state index in [0.29, 0.717) is 18.1 Å². The summed E-state index contributed by atoms with van der Waals surface area (Å²) in [5, 5.41) is 8.02. The van der Waals surface area contributed by atoms with Crippen LogP contribution in [0, 0.1) is 5.82 Å². The fourth-order valence-corrected chi connectivity index (χ4v) is 4.25. The largest absolute Gasteiger partial charge is 0.494 e. The lowest BCUT2D eigenvalue weighted by atomic mass is 10.3. The van der Waals surface area contributed by atoms with E-state index in [0.717, 1.165) is 6.07 Å². The number of aromatic nitrogens is 2. The number of halogens is 1. The van der Waals surface area contributed by atoms with Crippen LogP contribution in [0.5, 0.6) is 11.6 Å². The lowest BCUT2D eigenvalue weighted by Crippen LogP contribution is -2.31. The third-order valence-corrected chi connectivity index (χ3v) is 6.10. The minimum atomic E-state index is -3.81. The van der Waals surface area contributed by atoms with Crippen LogP contribution in [0.4, 0.5) is 10.2 Å². The van der Waals surface area contributed by atoms with Crippen molar-refractivity contribution in [2.45, 2.75) is 17.4 Å². The van der Waals surface area contributed by atoms with E-state index >= 15 is 0 Å². The van der Waals surface area contributed by atoms with E-state index in [4.69, 9.17) is 9.47 Å². The molecule has 0 saturated carbocycles. The predicted octanol–water partition coefficient (Wildman–Crippen LogP) is 1.53. The van der Waals surface area contributed by atoms with Gasteiger partial charge in [-0.25, -0.2) is 12.8 Å². The van der Waals surface area contributed by atoms with Gasteiger partial charge in [-0.3, -0.25) is 0 Å². The molecular formula is C17H21FN4O4S. The van der Waals surface area contributed by atoms with Gasteiger partial charge in [-0.2, -0.15) is 4.31 Å². The summed E-state index contributed by atoms with van der Waals surface area (Å²) >= 11 is 0. The number of hydrogen-bond acceptors (Lipinski definition) is 7. The van der Waals surface area contributed by atoms with Gasteiger partial charge in [0, 0.05) is 26.7 Å². The van der Waals surface area contributed by atoms with Crippen LogP contribution in [-0.4, -0.2) is 63.3 Å². The van der Waals surface area contributed by atoms with Crippen LogP contribution in [0.25, 0.3) is 0 Å². The number of hydrogen-bond donors (Lipinski definition) is 0. The monoisotopic (exact) mass is 396 g/mol. The van der Waals surface area contributed by atoms with E-state index < -0.39 is 15.8 Å². The second-order valence-corrected chi connectivity index (χ2v) is 8.25. The average molecular weight is 396 g/mol. The van der Waals surface area contributed by atoms with Crippen molar-refractivity contribution in [2.75, 3.05) is 39.2 Å². The second kappa shape index (κ2) is 7.65. The van der Waals surface area contributed by atoms with Crippen LogP contribution in [-0.2, 0) is 10.0 Å². The molecule has 0 aliphatic carbocycles. The Hall–Kier alpha value is -2.46. The van der Waals surface area contributed by atoms with Crippen molar-refractivity contribution in [3.8, 4) is 11.6 Å². The molecule has 1 aromatic heterocycles. The number of nitrogens with zero attached hydrogens (tertiary/aromatic N) is 4. The van der Waals surface area contributed by atoms with Crippen LogP contribution in [0.2, 0.25) is 0 Å². The van der Waals surface area contributed by atoms with Gasteiger partial charge in [0.15, 0.2) is 17.4 Å². The Bertz CT molecular complexity index is 906. The summed E-state index contributed by atoms with van der Waals surface area (Å²) in [7, 11) is 1.21. The maximum Gasteiger partial charge on any atom is 0.243 e. The second-order valence-electron chi connectivity index (χ2n) is 6.31. The molecular weight excluding hydrogens is 375 g/mol. The van der Waals surface area contributed by atoms with Crippen molar-refractivity contribution in [1.82, 2.24) is 14.5 Å². The third-order valence-electron chi connectivity index (χ3n) is 4.24. The summed E-state index contributed by atoms with van der Waals surface area (Å²) in [5.41, 5.74) is 0. The summed E-state index contributed by atoms with van der Waals surface area (Å²) in [5.74, 6) is 0.304. The van der Waals surface area contributed by atoms with Gasteiger partial charge in [-0.05, 0) is 30.7 Å². The maximum atomic E-state index is 13.9. The molecule has 1 aromatic carbocycles. The number of ether oxygens (including phenoxy) is 2. The molecule has 1 aliphatic rings. The van der Waals surface area contributed by atoms with Crippen molar-refractivity contribution in [1.29, 1.82) is 0 Å². The lowest BCUT2D eigenvalue weighted by molar-refractivity contribution is 0.204. The van der Waals surface area contributed by atoms with Gasteiger partial charge in [-0.1, -0.05) is 0 Å². The molecule has 0 bridgehead atoms. The maximum absolute atomic E-state index is 13.9. The molecule has 27 heavy (non-hydrogen) atoms. The predicted molar refractivity (Wildman–Crippen MR) is 97.1 cm³/mol. The summed E-state index contributed by atoms with van der Waals surface area (Å²) < 4.78 is 51.2. The van der Waals surface area contributed by atoms with Gasteiger partial charge in [0.05, 0.1) is 18.6 Å². The molecule has 2 aromatic rings. The Labute approximate surface area is 157 Å². The quantitative estimate of drug-likeness (QED) is 0.732. The molecule has 2 heterocycles. The lowest BCUT2D eigenvalue weighted by Gasteiger charge is -2.17. The molecule has 10 heteroatoms. The number of benzene rings is 1. The smallest absolute Gasteiger partial charge is 0.243 e. The summed E-state index contributed by atoms with van der Waals surface area (Å²) in [6.45, 7) is 0.441. The summed E-state index contributed by atoms with van der Waals surface area (Å²) in [6, 6.07) is 7.06. The molecule has 8 nitrogen and oxygen atoms in total. The van der Waals surface area contributed by atoms with Gasteiger partial charge >= 0.3 is 0 Å². The zero-order valence-corrected chi connectivity index (χ0v) is 16.1. The van der Waals surface area contributed by atoms with E-state index in [-0.39, 0.29) is 29.8 Å². The number of anilines is 1. The number of rotatable bonds is 6. The topological polar surface area (TPSA) is 84.9 Å². The number of sulfonamides is 1. The molecule has 0 amide bonds. The van der Waals surface area contributed by atoms with E-state index in [9.17, 15) is 12.8 Å². The molecule has 146 valence electrons. The Kier molecular flexibility index (Phi) is 5.47. The Balaban J connectivity index is 1.68. The van der Waals surface area contributed by atoms with Crippen LogP contribution < -0.4 is 14.4 Å². The highest BCUT2D eigenvalue weighted by Gasteiger charge is 2.34. The minimum absolute atomic E-state index is 0.00340. The first-order valence-electron chi connectivity index (χ1n) is 8.32. The van der Waals surface area contributed by atoms with Crippen LogP contribution in [0.3, 0.4) is 0 Å². The van der Waals surface area contributed by atoms with E-state index in [1.54, 1.807) is 12.1 Å². The van der Waals surface area contributed by atoms with E-state index in [2.05, 4.69) is 10.2 Å². The average Bonchev–Trinajstić information content (AvgIpc) is 3.11. The van der Waals surface area contributed by atoms with Crippen molar-refractivity contribution in [3.63, 3.8) is 0 Å². The first-order chi connectivity index (χ1) is 12.8. The van der Waals surface area contributed by atoms with Gasteiger partial charge in [0.1, 0.15) is 6.10 Å². The third kappa shape index (κ3) is 4.11. The summed E-state index contributed by atoms with van der Waals surface area (Å²) in [4.78, 5) is 1.70. The van der Waals surface area contributed by atoms with Crippen LogP contribution in [0.15, 0.2) is 35.2 Å². The molecule has 1 fully saturated rings. The van der Waals surface area contributed by atoms with Crippen LogP contribution in [0.1, 0.15) is 6.42 Å². The van der Waals surface area contributed by atoms with Crippen LogP contribution >= 0.6 is 0 Å².